The number of ether oxygens (including phenoxy) is 3. The van der Waals surface area contributed by atoms with E-state index in [1.165, 1.54) is 36.4 Å². The van der Waals surface area contributed by atoms with Crippen LogP contribution >= 0.6 is 0 Å². The maximum atomic E-state index is 12.2. The van der Waals surface area contributed by atoms with Crippen molar-refractivity contribution in [2.24, 2.45) is 0 Å². The number of carbonyl (C=O) groups excluding carboxylic acids is 1. The summed E-state index contributed by atoms with van der Waals surface area (Å²) in [6.45, 7) is -0.690. The fraction of sp³-hybridized carbons (Fsp3) is 0.333. The number of hydrogen-bond donors (Lipinski definition) is 8. The van der Waals surface area contributed by atoms with Crippen LogP contribution < -0.4 is 4.74 Å². The quantitative estimate of drug-likeness (QED) is 0.115. The number of aromatic hydroxyl groups is 3. The van der Waals surface area contributed by atoms with E-state index < -0.39 is 66.9 Å². The third kappa shape index (κ3) is 6.87. The van der Waals surface area contributed by atoms with Crippen LogP contribution in [-0.4, -0.2) is 96.2 Å². The monoisotopic (exact) mass is 522 g/mol. The highest BCUT2D eigenvalue weighted by molar-refractivity contribution is 5.89. The Bertz CT molecular complexity index is 1150. The molecule has 0 bridgehead atoms. The summed E-state index contributed by atoms with van der Waals surface area (Å²) in [4.78, 5) is 23.8. The fourth-order valence-electron chi connectivity index (χ4n) is 3.45. The molecule has 1 fully saturated rings. The van der Waals surface area contributed by atoms with Crippen LogP contribution in [0.3, 0.4) is 0 Å². The molecule has 0 amide bonds. The zero-order valence-electron chi connectivity index (χ0n) is 19.1. The first-order chi connectivity index (χ1) is 17.5. The van der Waals surface area contributed by atoms with Crippen molar-refractivity contribution in [2.75, 3.05) is 6.61 Å². The van der Waals surface area contributed by atoms with Gasteiger partial charge in [0, 0.05) is 12.5 Å². The number of rotatable bonds is 9. The third-order valence-corrected chi connectivity index (χ3v) is 5.48. The average Bonchev–Trinajstić information content (AvgIpc) is 2.86. The lowest BCUT2D eigenvalue weighted by Gasteiger charge is -2.39. The van der Waals surface area contributed by atoms with Crippen molar-refractivity contribution in [2.45, 2.75) is 43.2 Å². The average molecular weight is 522 g/mol. The molecule has 8 N–H and O–H groups in total. The van der Waals surface area contributed by atoms with E-state index in [0.717, 1.165) is 12.1 Å². The van der Waals surface area contributed by atoms with Crippen molar-refractivity contribution in [3.8, 4) is 23.0 Å². The number of aliphatic hydroxyl groups excluding tert-OH is 4. The van der Waals surface area contributed by atoms with Gasteiger partial charge in [0.25, 0.3) is 0 Å². The van der Waals surface area contributed by atoms with Crippen molar-refractivity contribution >= 4 is 18.0 Å². The summed E-state index contributed by atoms with van der Waals surface area (Å²) in [7, 11) is 0. The molecule has 13 heteroatoms. The molecule has 0 aliphatic carbocycles. The van der Waals surface area contributed by atoms with Crippen LogP contribution in [-0.2, 0) is 25.5 Å². The molecule has 0 saturated carbocycles. The minimum absolute atomic E-state index is 0.241. The Morgan fingerprint density at radius 1 is 0.946 bits per heavy atom. The molecule has 3 rings (SSSR count). The molecule has 2 aromatic carbocycles. The lowest BCUT2D eigenvalue weighted by molar-refractivity contribution is -0.277. The first-order valence-corrected chi connectivity index (χ1v) is 10.9. The second kappa shape index (κ2) is 11.9. The molecule has 13 nitrogen and oxygen atoms in total. The Balaban J connectivity index is 1.70. The van der Waals surface area contributed by atoms with Crippen molar-refractivity contribution in [1.82, 2.24) is 0 Å². The van der Waals surface area contributed by atoms with Crippen LogP contribution in [0.1, 0.15) is 11.1 Å². The predicted octanol–water partition coefficient (Wildman–Crippen LogP) is -0.766. The summed E-state index contributed by atoms with van der Waals surface area (Å²) in [6, 6.07) is 7.49. The smallest absolute Gasteiger partial charge is 0.345 e. The number of carboxylic acids is 1. The van der Waals surface area contributed by atoms with Crippen LogP contribution in [0.4, 0.5) is 0 Å². The maximum Gasteiger partial charge on any atom is 0.345 e. The first-order valence-electron chi connectivity index (χ1n) is 10.9. The molecular weight excluding hydrogens is 496 g/mol. The van der Waals surface area contributed by atoms with Gasteiger partial charge in [0.2, 0.25) is 12.4 Å². The van der Waals surface area contributed by atoms with E-state index in [-0.39, 0.29) is 23.5 Å². The minimum Gasteiger partial charge on any atom is -0.504 e. The van der Waals surface area contributed by atoms with Gasteiger partial charge >= 0.3 is 11.9 Å². The zero-order valence-corrected chi connectivity index (χ0v) is 19.1. The summed E-state index contributed by atoms with van der Waals surface area (Å²) in [5.74, 6) is -3.93. The van der Waals surface area contributed by atoms with E-state index in [1.807, 2.05) is 0 Å². The highest BCUT2D eigenvalue weighted by Crippen LogP contribution is 2.32. The highest BCUT2D eigenvalue weighted by atomic mass is 16.7. The normalized spacial score (nSPS) is 24.5. The van der Waals surface area contributed by atoms with E-state index in [9.17, 15) is 50.4 Å². The number of hydrogen-bond acceptors (Lipinski definition) is 12. The van der Waals surface area contributed by atoms with Crippen LogP contribution in [0, 0.1) is 0 Å². The van der Waals surface area contributed by atoms with E-state index in [4.69, 9.17) is 14.2 Å². The molecule has 0 unspecified atom stereocenters. The van der Waals surface area contributed by atoms with Gasteiger partial charge in [0.1, 0.15) is 24.4 Å². The zero-order chi connectivity index (χ0) is 27.3. The summed E-state index contributed by atoms with van der Waals surface area (Å²) < 4.78 is 15.6. The summed E-state index contributed by atoms with van der Waals surface area (Å²) >= 11 is 0. The number of aliphatic carboxylic acids is 1. The van der Waals surface area contributed by atoms with Gasteiger partial charge in [-0.2, -0.15) is 0 Å². The third-order valence-electron chi connectivity index (χ3n) is 5.48. The molecule has 2 aromatic rings. The Morgan fingerprint density at radius 3 is 2.30 bits per heavy atom. The molecule has 0 spiro atoms. The second-order valence-corrected chi connectivity index (χ2v) is 8.17. The number of aliphatic hydroxyl groups is 4. The summed E-state index contributed by atoms with van der Waals surface area (Å²) in [5, 5.41) is 77.6. The van der Waals surface area contributed by atoms with Crippen molar-refractivity contribution < 1.29 is 64.7 Å². The van der Waals surface area contributed by atoms with Crippen molar-refractivity contribution in [3.63, 3.8) is 0 Å². The number of esters is 1. The summed E-state index contributed by atoms with van der Waals surface area (Å²) in [6.07, 6.45) is -7.71. The van der Waals surface area contributed by atoms with E-state index in [0.29, 0.717) is 5.56 Å². The molecule has 1 heterocycles. The van der Waals surface area contributed by atoms with Gasteiger partial charge < -0.3 is 55.1 Å². The van der Waals surface area contributed by atoms with Crippen LogP contribution in [0.5, 0.6) is 23.0 Å². The lowest BCUT2D eigenvalue weighted by atomic mass is 9.99. The molecule has 0 radical (unpaired) electrons. The Labute approximate surface area is 209 Å². The molecule has 0 aromatic heterocycles. The lowest BCUT2D eigenvalue weighted by Crippen LogP contribution is -2.60. The van der Waals surface area contributed by atoms with E-state index in [2.05, 4.69) is 0 Å². The highest BCUT2D eigenvalue weighted by Gasteiger charge is 2.45. The largest absolute Gasteiger partial charge is 0.504 e. The van der Waals surface area contributed by atoms with Gasteiger partial charge in [-0.05, 0) is 41.5 Å². The summed E-state index contributed by atoms with van der Waals surface area (Å²) in [5.41, 5.74) is 0.581. The molecule has 37 heavy (non-hydrogen) atoms. The van der Waals surface area contributed by atoms with Gasteiger partial charge in [-0.1, -0.05) is 12.1 Å². The van der Waals surface area contributed by atoms with Gasteiger partial charge in [0.15, 0.2) is 23.0 Å². The Hall–Kier alpha value is -3.88. The maximum absolute atomic E-state index is 12.2. The molecule has 1 aliphatic heterocycles. The van der Waals surface area contributed by atoms with Gasteiger partial charge in [-0.3, -0.25) is 0 Å². The van der Waals surface area contributed by atoms with Crippen LogP contribution in [0.15, 0.2) is 42.5 Å². The number of benzene rings is 2. The first kappa shape index (κ1) is 27.7. The van der Waals surface area contributed by atoms with Crippen molar-refractivity contribution in [1.29, 1.82) is 0 Å². The molecular formula is C24H26O13. The van der Waals surface area contributed by atoms with E-state index >= 15 is 0 Å². The van der Waals surface area contributed by atoms with E-state index in [1.54, 1.807) is 0 Å². The molecule has 1 saturated heterocycles. The number of phenols is 3. The molecule has 1 aliphatic rings. The van der Waals surface area contributed by atoms with Gasteiger partial charge in [0.05, 0.1) is 6.61 Å². The van der Waals surface area contributed by atoms with Gasteiger partial charge in [-0.25, -0.2) is 9.59 Å². The van der Waals surface area contributed by atoms with Gasteiger partial charge in [-0.15, -0.1) is 0 Å². The Kier molecular flexibility index (Phi) is 8.91. The number of carbonyl (C=O) groups is 2. The van der Waals surface area contributed by atoms with Crippen LogP contribution in [0.25, 0.3) is 6.08 Å². The second-order valence-electron chi connectivity index (χ2n) is 8.17. The Morgan fingerprint density at radius 2 is 1.65 bits per heavy atom. The number of carboxylic acid groups (broad SMARTS) is 1. The van der Waals surface area contributed by atoms with Crippen molar-refractivity contribution in [3.05, 3.63) is 53.6 Å². The molecule has 200 valence electrons. The fourth-order valence-corrected chi connectivity index (χ4v) is 3.45. The van der Waals surface area contributed by atoms with Crippen LogP contribution in [0.2, 0.25) is 0 Å². The minimum atomic E-state index is -1.74. The standard InChI is InChI=1S/C24H26O13/c25-10-18-20(30)21(31)22(32)24(37-18)36-16-8-12(2-5-14(16)27)9-17(23(33)34)35-19(29)6-3-11-1-4-13(26)15(28)7-11/h1-8,17-18,20-22,24-28,30-32H,9-10H2,(H,33,34)/t17-,18-,20-,21+,22-,24-/m1/s1. The SMILES string of the molecule is O=C(C=Cc1ccc(O)c(O)c1)O[C@H](Cc1ccc(O)c(O[C@@H]2O[C@H](CO)[C@@H](O)[C@H](O)[C@H]2O)c1)C(=O)O. The topological polar surface area (TPSA) is 224 Å². The predicted molar refractivity (Wildman–Crippen MR) is 123 cm³/mol. The molecule has 6 atom stereocenters. The number of phenolic OH excluding ortho intramolecular Hbond substituents is 3.